The van der Waals surface area contributed by atoms with E-state index in [1.54, 1.807) is 0 Å². The molecule has 11 aromatic rings. The third-order valence-electron chi connectivity index (χ3n) is 10.9. The highest BCUT2D eigenvalue weighted by molar-refractivity contribution is 7.26. The molecule has 0 bridgehead atoms. The molecule has 2 aromatic heterocycles. The van der Waals surface area contributed by atoms with Crippen LogP contribution in [0.2, 0.25) is 0 Å². The van der Waals surface area contributed by atoms with Gasteiger partial charge >= 0.3 is 0 Å². The molecule has 0 aliphatic rings. The Morgan fingerprint density at radius 1 is 0.382 bits per heavy atom. The van der Waals surface area contributed by atoms with Crippen LogP contribution in [0.15, 0.2) is 205 Å². The smallest absolute Gasteiger partial charge is 0.159 e. The molecule has 0 radical (unpaired) electrons. The lowest BCUT2D eigenvalue weighted by atomic mass is 9.90. The largest absolute Gasteiger partial charge is 0.454 e. The zero-order valence-corrected chi connectivity index (χ0v) is 30.6. The highest BCUT2D eigenvalue weighted by Crippen LogP contribution is 2.48. The Balaban J connectivity index is 1.19. The second kappa shape index (κ2) is 12.9. The molecule has 0 saturated heterocycles. The van der Waals surface area contributed by atoms with E-state index in [1.165, 1.54) is 64.3 Å². The van der Waals surface area contributed by atoms with Crippen molar-refractivity contribution < 1.29 is 4.42 Å². The van der Waals surface area contributed by atoms with Gasteiger partial charge in [-0.3, -0.25) is 0 Å². The van der Waals surface area contributed by atoms with Crippen LogP contribution in [-0.4, -0.2) is 0 Å². The Kier molecular flexibility index (Phi) is 7.39. The number of furan rings is 1. The van der Waals surface area contributed by atoms with Crippen LogP contribution in [0.4, 0.5) is 17.1 Å². The molecule has 0 aliphatic heterocycles. The molecule has 11 rings (SSSR count). The molecule has 0 amide bonds. The molecule has 0 N–H and O–H groups in total. The summed E-state index contributed by atoms with van der Waals surface area (Å²) in [6.07, 6.45) is 0. The van der Waals surface area contributed by atoms with Crippen LogP contribution < -0.4 is 4.90 Å². The van der Waals surface area contributed by atoms with E-state index in [9.17, 15) is 0 Å². The van der Waals surface area contributed by atoms with E-state index in [0.29, 0.717) is 0 Å². The number of fused-ring (bicyclic) bond motifs is 7. The van der Waals surface area contributed by atoms with E-state index in [4.69, 9.17) is 4.42 Å². The third kappa shape index (κ3) is 5.24. The minimum atomic E-state index is 0.863. The fraction of sp³-hybridized carbons (Fsp3) is 0. The van der Waals surface area contributed by atoms with E-state index in [-0.39, 0.29) is 0 Å². The molecule has 2 heterocycles. The zero-order chi connectivity index (χ0) is 36.3. The first-order valence-electron chi connectivity index (χ1n) is 18.7. The first-order chi connectivity index (χ1) is 27.3. The van der Waals surface area contributed by atoms with Gasteiger partial charge in [-0.05, 0) is 81.1 Å². The summed E-state index contributed by atoms with van der Waals surface area (Å²) >= 11 is 1.87. The fourth-order valence-corrected chi connectivity index (χ4v) is 9.55. The van der Waals surface area contributed by atoms with E-state index in [1.807, 2.05) is 17.4 Å². The van der Waals surface area contributed by atoms with Crippen LogP contribution >= 0.6 is 11.3 Å². The fourth-order valence-electron chi connectivity index (χ4n) is 8.32. The molecule has 0 atom stereocenters. The van der Waals surface area contributed by atoms with Crippen molar-refractivity contribution in [2.24, 2.45) is 0 Å². The topological polar surface area (TPSA) is 16.4 Å². The van der Waals surface area contributed by atoms with E-state index in [0.717, 1.165) is 39.0 Å². The molecule has 0 saturated carbocycles. The van der Waals surface area contributed by atoms with Gasteiger partial charge in [0.2, 0.25) is 0 Å². The standard InChI is InChI=1S/C52H33NOS/c1-2-13-34(14-3-1)35-27-29-37(30-28-35)53(48-24-12-21-44-42-18-6-8-25-49(42)54-51(44)48)38-31-32-41(47(33-38)40-20-10-16-36-15-4-5-17-39(36)40)45-22-11-23-46-43-19-7-9-26-50(43)55-52(45)46/h1-33H. The zero-order valence-electron chi connectivity index (χ0n) is 29.8. The number of benzene rings is 9. The molecule has 0 aliphatic carbocycles. The van der Waals surface area contributed by atoms with Crippen molar-refractivity contribution in [1.29, 1.82) is 0 Å². The minimum absolute atomic E-state index is 0.863. The molecule has 2 nitrogen and oxygen atoms in total. The van der Waals surface area contributed by atoms with Crippen LogP contribution in [0.5, 0.6) is 0 Å². The lowest BCUT2D eigenvalue weighted by molar-refractivity contribution is 0.669. The Morgan fingerprint density at radius 2 is 1.02 bits per heavy atom. The molecule has 0 unspecified atom stereocenters. The first-order valence-corrected chi connectivity index (χ1v) is 19.5. The lowest BCUT2D eigenvalue weighted by Crippen LogP contribution is -2.10. The number of hydrogen-bond acceptors (Lipinski definition) is 3. The molecular weight excluding hydrogens is 687 g/mol. The highest BCUT2D eigenvalue weighted by atomic mass is 32.1. The predicted octanol–water partition coefficient (Wildman–Crippen LogP) is 15.6. The summed E-state index contributed by atoms with van der Waals surface area (Å²) in [5, 5.41) is 7.25. The lowest BCUT2D eigenvalue weighted by Gasteiger charge is -2.27. The van der Waals surface area contributed by atoms with Gasteiger partial charge in [0.05, 0.1) is 5.69 Å². The Bertz CT molecular complexity index is 3200. The molecule has 258 valence electrons. The van der Waals surface area contributed by atoms with Gasteiger partial charge in [-0.15, -0.1) is 11.3 Å². The van der Waals surface area contributed by atoms with Crippen LogP contribution in [0.25, 0.3) is 86.3 Å². The molecule has 0 spiro atoms. The number of hydrogen-bond donors (Lipinski definition) is 0. The second-order valence-corrected chi connectivity index (χ2v) is 15.1. The number of nitrogens with zero attached hydrogens (tertiary/aromatic N) is 1. The molecule has 0 fully saturated rings. The first kappa shape index (κ1) is 31.6. The summed E-state index contributed by atoms with van der Waals surface area (Å²) < 4.78 is 9.31. The van der Waals surface area contributed by atoms with Crippen molar-refractivity contribution in [3.63, 3.8) is 0 Å². The van der Waals surface area contributed by atoms with Gasteiger partial charge in [0.1, 0.15) is 5.58 Å². The average Bonchev–Trinajstić information content (AvgIpc) is 3.84. The quantitative estimate of drug-likeness (QED) is 0.170. The third-order valence-corrected chi connectivity index (χ3v) is 12.1. The SMILES string of the molecule is c1ccc(-c2ccc(N(c3ccc(-c4cccc5c4sc4ccccc45)c(-c4cccc5ccccc45)c3)c3cccc4c3oc3ccccc34)cc2)cc1. The van der Waals surface area contributed by atoms with E-state index < -0.39 is 0 Å². The van der Waals surface area contributed by atoms with Crippen LogP contribution in [0.1, 0.15) is 0 Å². The van der Waals surface area contributed by atoms with Crippen molar-refractivity contribution in [3.05, 3.63) is 200 Å². The van der Waals surface area contributed by atoms with Crippen LogP contribution in [0.3, 0.4) is 0 Å². The average molecular weight is 720 g/mol. The predicted molar refractivity (Wildman–Crippen MR) is 235 cm³/mol. The summed E-state index contributed by atoms with van der Waals surface area (Å²) in [4.78, 5) is 2.36. The van der Waals surface area contributed by atoms with Crippen molar-refractivity contribution in [1.82, 2.24) is 0 Å². The van der Waals surface area contributed by atoms with E-state index >= 15 is 0 Å². The maximum Gasteiger partial charge on any atom is 0.159 e. The summed E-state index contributed by atoms with van der Waals surface area (Å²) in [5.74, 6) is 0. The van der Waals surface area contributed by atoms with Gasteiger partial charge in [-0.2, -0.15) is 0 Å². The monoisotopic (exact) mass is 719 g/mol. The number of anilines is 3. The molecule has 9 aromatic carbocycles. The Hall–Kier alpha value is -6.94. The van der Waals surface area contributed by atoms with Crippen molar-refractivity contribution in [2.75, 3.05) is 4.90 Å². The second-order valence-electron chi connectivity index (χ2n) is 14.0. The Labute approximate surface area is 322 Å². The summed E-state index contributed by atoms with van der Waals surface area (Å²) in [6, 6.07) is 72.2. The van der Waals surface area contributed by atoms with Gasteiger partial charge in [0, 0.05) is 47.9 Å². The van der Waals surface area contributed by atoms with Gasteiger partial charge < -0.3 is 9.32 Å². The van der Waals surface area contributed by atoms with Crippen molar-refractivity contribution >= 4 is 81.3 Å². The van der Waals surface area contributed by atoms with Gasteiger partial charge in [0.25, 0.3) is 0 Å². The minimum Gasteiger partial charge on any atom is -0.454 e. The summed E-state index contributed by atoms with van der Waals surface area (Å²) in [6.45, 7) is 0. The number of thiophene rings is 1. The van der Waals surface area contributed by atoms with E-state index in [2.05, 4.69) is 199 Å². The summed E-state index contributed by atoms with van der Waals surface area (Å²) in [5.41, 5.74) is 12.0. The number of para-hydroxylation sites is 2. The van der Waals surface area contributed by atoms with Gasteiger partial charge in [0.15, 0.2) is 5.58 Å². The maximum absolute atomic E-state index is 6.70. The highest BCUT2D eigenvalue weighted by Gasteiger charge is 2.22. The molecule has 3 heteroatoms. The van der Waals surface area contributed by atoms with Crippen LogP contribution in [-0.2, 0) is 0 Å². The molecule has 55 heavy (non-hydrogen) atoms. The van der Waals surface area contributed by atoms with Gasteiger partial charge in [-0.1, -0.05) is 158 Å². The van der Waals surface area contributed by atoms with Crippen molar-refractivity contribution in [2.45, 2.75) is 0 Å². The van der Waals surface area contributed by atoms with Crippen LogP contribution in [0, 0.1) is 0 Å². The normalized spacial score (nSPS) is 11.6. The Morgan fingerprint density at radius 3 is 1.91 bits per heavy atom. The molecular formula is C52H33NOS. The number of rotatable bonds is 6. The maximum atomic E-state index is 6.70. The van der Waals surface area contributed by atoms with Gasteiger partial charge in [-0.25, -0.2) is 0 Å². The van der Waals surface area contributed by atoms with Crippen molar-refractivity contribution in [3.8, 4) is 33.4 Å². The summed E-state index contributed by atoms with van der Waals surface area (Å²) in [7, 11) is 0.